The molecule has 0 radical (unpaired) electrons. The van der Waals surface area contributed by atoms with Crippen LogP contribution in [0.3, 0.4) is 0 Å². The molecule has 0 saturated carbocycles. The number of rotatable bonds is 4. The first kappa shape index (κ1) is 18.7. The Labute approximate surface area is 160 Å². The molecule has 144 valence electrons. The molecular formula is C20H23NO4S2. The van der Waals surface area contributed by atoms with Crippen molar-refractivity contribution in [2.45, 2.75) is 21.8 Å². The number of hydrogen-bond donors (Lipinski definition) is 0. The topological polar surface area (TPSA) is 71.5 Å². The van der Waals surface area contributed by atoms with E-state index in [4.69, 9.17) is 0 Å². The highest BCUT2D eigenvalue weighted by Crippen LogP contribution is 2.55. The lowest BCUT2D eigenvalue weighted by molar-refractivity contribution is 0.202. The molecule has 0 spiro atoms. The monoisotopic (exact) mass is 405 g/mol. The first-order valence-corrected chi connectivity index (χ1v) is 12.3. The van der Waals surface area contributed by atoms with Gasteiger partial charge in [0.05, 0.1) is 16.3 Å². The van der Waals surface area contributed by atoms with Gasteiger partial charge in [-0.1, -0.05) is 60.7 Å². The Morgan fingerprint density at radius 1 is 0.778 bits per heavy atom. The third-order valence-corrected chi connectivity index (χ3v) is 10.7. The third kappa shape index (κ3) is 2.83. The van der Waals surface area contributed by atoms with Crippen LogP contribution in [0.15, 0.2) is 60.7 Å². The van der Waals surface area contributed by atoms with Gasteiger partial charge in [-0.25, -0.2) is 16.8 Å². The van der Waals surface area contributed by atoms with Crippen molar-refractivity contribution < 1.29 is 16.8 Å². The van der Waals surface area contributed by atoms with Crippen molar-refractivity contribution in [1.82, 2.24) is 4.90 Å². The first-order valence-electron chi connectivity index (χ1n) is 8.96. The van der Waals surface area contributed by atoms with Crippen molar-refractivity contribution in [3.8, 4) is 0 Å². The molecule has 7 heteroatoms. The van der Waals surface area contributed by atoms with E-state index < -0.39 is 41.3 Å². The van der Waals surface area contributed by atoms with Crippen LogP contribution in [-0.2, 0) is 19.7 Å². The fraction of sp³-hybridized carbons (Fsp3) is 0.400. The minimum atomic E-state index is -3.47. The Balaban J connectivity index is 1.73. The Bertz CT molecular complexity index is 1030. The van der Waals surface area contributed by atoms with E-state index in [1.165, 1.54) is 0 Å². The van der Waals surface area contributed by atoms with E-state index in [-0.39, 0.29) is 11.8 Å². The fourth-order valence-electron chi connectivity index (χ4n) is 4.70. The lowest BCUT2D eigenvalue weighted by Gasteiger charge is -2.54. The third-order valence-electron chi connectivity index (χ3n) is 5.86. The average Bonchev–Trinajstić information content (AvgIpc) is 2.60. The standard InChI is InChI=1S/C20H23NO4S2/c1-21(2)17-19(15-11-7-4-8-12-15)27(24,25)20(17)16-13-26(22,23)18(16)14-9-5-3-6-10-14/h3-12,16-20H,13H2,1-2H3. The summed E-state index contributed by atoms with van der Waals surface area (Å²) in [6.07, 6.45) is 0. The Hall–Kier alpha value is -1.70. The van der Waals surface area contributed by atoms with E-state index in [1.807, 2.05) is 55.4 Å². The van der Waals surface area contributed by atoms with Crippen LogP contribution in [0.4, 0.5) is 0 Å². The summed E-state index contributed by atoms with van der Waals surface area (Å²) < 4.78 is 51.5. The van der Waals surface area contributed by atoms with Gasteiger partial charge in [0.1, 0.15) is 5.25 Å². The van der Waals surface area contributed by atoms with Gasteiger partial charge in [0, 0.05) is 12.0 Å². The lowest BCUT2D eigenvalue weighted by Crippen LogP contribution is -2.67. The molecule has 2 aliphatic rings. The molecule has 0 bridgehead atoms. The van der Waals surface area contributed by atoms with Crippen LogP contribution in [0.2, 0.25) is 0 Å². The molecule has 2 fully saturated rings. The highest BCUT2D eigenvalue weighted by molar-refractivity contribution is 7.95. The maximum atomic E-state index is 13.3. The number of nitrogens with zero attached hydrogens (tertiary/aromatic N) is 1. The number of hydrogen-bond acceptors (Lipinski definition) is 5. The maximum absolute atomic E-state index is 13.3. The van der Waals surface area contributed by atoms with Crippen molar-refractivity contribution in [1.29, 1.82) is 0 Å². The van der Waals surface area contributed by atoms with Crippen LogP contribution in [-0.4, -0.2) is 52.9 Å². The molecule has 4 rings (SSSR count). The molecule has 27 heavy (non-hydrogen) atoms. The highest BCUT2D eigenvalue weighted by Gasteiger charge is 2.66. The second-order valence-corrected chi connectivity index (χ2v) is 12.1. The quantitative estimate of drug-likeness (QED) is 0.780. The molecule has 2 saturated heterocycles. The van der Waals surface area contributed by atoms with Gasteiger partial charge in [-0.3, -0.25) is 0 Å². The molecule has 0 amide bonds. The normalized spacial score (nSPS) is 33.8. The van der Waals surface area contributed by atoms with Gasteiger partial charge in [-0.15, -0.1) is 0 Å². The van der Waals surface area contributed by atoms with Crippen LogP contribution in [0.25, 0.3) is 0 Å². The van der Waals surface area contributed by atoms with Gasteiger partial charge in [0.25, 0.3) is 0 Å². The van der Waals surface area contributed by atoms with E-state index in [0.717, 1.165) is 5.56 Å². The summed E-state index contributed by atoms with van der Waals surface area (Å²) >= 11 is 0. The number of benzene rings is 2. The molecule has 5 nitrogen and oxygen atoms in total. The van der Waals surface area contributed by atoms with Crippen molar-refractivity contribution in [3.05, 3.63) is 71.8 Å². The Morgan fingerprint density at radius 2 is 1.26 bits per heavy atom. The smallest absolute Gasteiger partial charge is 0.163 e. The van der Waals surface area contributed by atoms with Gasteiger partial charge >= 0.3 is 0 Å². The van der Waals surface area contributed by atoms with Crippen LogP contribution in [0.5, 0.6) is 0 Å². The SMILES string of the molecule is CN(C)C1C(c2ccccc2)S(=O)(=O)C1C1CS(=O)(=O)C1c1ccccc1. The zero-order valence-corrected chi connectivity index (χ0v) is 16.9. The van der Waals surface area contributed by atoms with E-state index >= 15 is 0 Å². The lowest BCUT2D eigenvalue weighted by atomic mass is 9.87. The second-order valence-electron chi connectivity index (χ2n) is 7.66. The highest BCUT2D eigenvalue weighted by atomic mass is 32.2. The predicted molar refractivity (Wildman–Crippen MR) is 106 cm³/mol. The molecule has 0 aromatic heterocycles. The largest absolute Gasteiger partial charge is 0.304 e. The molecule has 0 aliphatic carbocycles. The van der Waals surface area contributed by atoms with Gasteiger partial charge in [-0.2, -0.15) is 0 Å². The molecule has 2 aromatic carbocycles. The Morgan fingerprint density at radius 3 is 1.70 bits per heavy atom. The molecule has 2 aliphatic heterocycles. The maximum Gasteiger partial charge on any atom is 0.163 e. The molecule has 5 unspecified atom stereocenters. The fourth-order valence-corrected chi connectivity index (χ4v) is 10.0. The zero-order chi connectivity index (χ0) is 19.4. The first-order chi connectivity index (χ1) is 12.7. The zero-order valence-electron chi connectivity index (χ0n) is 15.3. The summed E-state index contributed by atoms with van der Waals surface area (Å²) in [5, 5.41) is -2.03. The van der Waals surface area contributed by atoms with Gasteiger partial charge in [-0.05, 0) is 25.2 Å². The van der Waals surface area contributed by atoms with Crippen molar-refractivity contribution in [3.63, 3.8) is 0 Å². The van der Waals surface area contributed by atoms with Crippen molar-refractivity contribution in [2.75, 3.05) is 19.8 Å². The predicted octanol–water partition coefficient (Wildman–Crippen LogP) is 2.24. The van der Waals surface area contributed by atoms with Crippen LogP contribution < -0.4 is 0 Å². The van der Waals surface area contributed by atoms with Crippen LogP contribution in [0.1, 0.15) is 21.6 Å². The molecule has 0 N–H and O–H groups in total. The Kier molecular flexibility index (Phi) is 4.44. The number of likely N-dealkylation sites (N-methyl/N-ethyl adjacent to an activating group) is 1. The minimum Gasteiger partial charge on any atom is -0.304 e. The molecule has 2 aromatic rings. The summed E-state index contributed by atoms with van der Waals surface area (Å²) in [4.78, 5) is 1.93. The van der Waals surface area contributed by atoms with Gasteiger partial charge in [0.2, 0.25) is 0 Å². The van der Waals surface area contributed by atoms with Crippen LogP contribution >= 0.6 is 0 Å². The molecule has 5 atom stereocenters. The minimum absolute atomic E-state index is 0.0672. The summed E-state index contributed by atoms with van der Waals surface area (Å²) in [7, 11) is -3.04. The summed E-state index contributed by atoms with van der Waals surface area (Å²) in [5.41, 5.74) is 1.45. The van der Waals surface area contributed by atoms with Crippen LogP contribution in [0, 0.1) is 5.92 Å². The van der Waals surface area contributed by atoms with Gasteiger partial charge in [0.15, 0.2) is 19.7 Å². The van der Waals surface area contributed by atoms with Crippen molar-refractivity contribution >= 4 is 19.7 Å². The molecular weight excluding hydrogens is 382 g/mol. The molecule has 2 heterocycles. The van der Waals surface area contributed by atoms with E-state index in [9.17, 15) is 16.8 Å². The van der Waals surface area contributed by atoms with Gasteiger partial charge < -0.3 is 4.90 Å². The summed E-state index contributed by atoms with van der Waals surface area (Å²) in [5.74, 6) is -0.475. The van der Waals surface area contributed by atoms with Crippen molar-refractivity contribution in [2.24, 2.45) is 5.92 Å². The van der Waals surface area contributed by atoms with E-state index in [0.29, 0.717) is 5.56 Å². The number of sulfone groups is 2. The van der Waals surface area contributed by atoms with E-state index in [1.54, 1.807) is 24.3 Å². The van der Waals surface area contributed by atoms with E-state index in [2.05, 4.69) is 0 Å². The second kappa shape index (κ2) is 6.43. The summed E-state index contributed by atoms with van der Waals surface area (Å²) in [6, 6.07) is 18.0. The summed E-state index contributed by atoms with van der Waals surface area (Å²) in [6.45, 7) is 0. The average molecular weight is 406 g/mol.